The van der Waals surface area contributed by atoms with Gasteiger partial charge in [0.25, 0.3) is 0 Å². The van der Waals surface area contributed by atoms with E-state index in [2.05, 4.69) is 12.1 Å². The van der Waals surface area contributed by atoms with Crippen molar-refractivity contribution < 1.29 is 9.53 Å². The number of hydrogen-bond acceptors (Lipinski definition) is 4. The van der Waals surface area contributed by atoms with Crippen LogP contribution in [0, 0.1) is 11.3 Å². The Morgan fingerprint density at radius 1 is 1.33 bits per heavy atom. The van der Waals surface area contributed by atoms with Crippen LogP contribution in [0.3, 0.4) is 0 Å². The summed E-state index contributed by atoms with van der Waals surface area (Å²) < 4.78 is 5.10. The van der Waals surface area contributed by atoms with E-state index in [1.807, 2.05) is 24.3 Å². The van der Waals surface area contributed by atoms with Crippen molar-refractivity contribution >= 4 is 17.7 Å². The van der Waals surface area contributed by atoms with Gasteiger partial charge in [-0.1, -0.05) is 30.3 Å². The molecule has 1 rings (SSSR count). The summed E-state index contributed by atoms with van der Waals surface area (Å²) in [5.74, 6) is 0.842. The molecule has 0 aliphatic heterocycles. The first kappa shape index (κ1) is 14.6. The van der Waals surface area contributed by atoms with Gasteiger partial charge in [-0.3, -0.25) is 4.79 Å². The molecule has 0 bridgehead atoms. The van der Waals surface area contributed by atoms with Crippen molar-refractivity contribution in [3.8, 4) is 6.07 Å². The largest absolute Gasteiger partial charge is 0.465 e. The highest BCUT2D eigenvalue weighted by atomic mass is 32.2. The van der Waals surface area contributed by atoms with E-state index in [1.165, 1.54) is 17.3 Å². The zero-order valence-corrected chi connectivity index (χ0v) is 11.1. The number of carbonyl (C=O) groups excluding carboxylic acids is 1. The van der Waals surface area contributed by atoms with Crippen LogP contribution in [0.2, 0.25) is 0 Å². The number of ether oxygens (including phenoxy) is 1. The van der Waals surface area contributed by atoms with E-state index in [9.17, 15) is 4.79 Å². The first-order valence-electron chi connectivity index (χ1n) is 5.97. The molecule has 0 amide bonds. The van der Waals surface area contributed by atoms with E-state index < -0.39 is 0 Å². The highest BCUT2D eigenvalue weighted by molar-refractivity contribution is 7.99. The van der Waals surface area contributed by atoms with Crippen LogP contribution < -0.4 is 0 Å². The van der Waals surface area contributed by atoms with Crippen molar-refractivity contribution in [2.24, 2.45) is 0 Å². The molecule has 0 fully saturated rings. The number of esters is 1. The molecule has 0 aliphatic rings. The number of hydrogen-bond donors (Lipinski definition) is 0. The summed E-state index contributed by atoms with van der Waals surface area (Å²) in [4.78, 5) is 11.3. The number of rotatable bonds is 8. The Morgan fingerprint density at radius 3 is 2.83 bits per heavy atom. The Labute approximate surface area is 112 Å². The molecule has 0 heterocycles. The van der Waals surface area contributed by atoms with Gasteiger partial charge in [0.2, 0.25) is 0 Å². The Kier molecular flexibility index (Phi) is 7.74. The van der Waals surface area contributed by atoms with Gasteiger partial charge < -0.3 is 4.74 Å². The van der Waals surface area contributed by atoms with Crippen LogP contribution in [0.1, 0.15) is 18.4 Å². The fraction of sp³-hybridized carbons (Fsp3) is 0.429. The van der Waals surface area contributed by atoms with Crippen molar-refractivity contribution in [1.82, 2.24) is 0 Å². The summed E-state index contributed by atoms with van der Waals surface area (Å²) in [5, 5.41) is 8.33. The number of carbonyl (C=O) groups is 1. The van der Waals surface area contributed by atoms with E-state index in [0.717, 1.165) is 12.8 Å². The summed E-state index contributed by atoms with van der Waals surface area (Å²) in [5.41, 5.74) is 1.26. The molecule has 0 aliphatic carbocycles. The van der Waals surface area contributed by atoms with Gasteiger partial charge in [-0.15, -0.1) is 11.8 Å². The smallest absolute Gasteiger partial charge is 0.315 e. The average molecular weight is 263 g/mol. The van der Waals surface area contributed by atoms with Gasteiger partial charge in [-0.25, -0.2) is 0 Å². The minimum absolute atomic E-state index is 0.189. The van der Waals surface area contributed by atoms with Crippen molar-refractivity contribution in [3.05, 3.63) is 35.9 Å². The van der Waals surface area contributed by atoms with Crippen molar-refractivity contribution in [2.75, 3.05) is 18.1 Å². The molecule has 0 saturated heterocycles. The van der Waals surface area contributed by atoms with Crippen LogP contribution in [0.4, 0.5) is 0 Å². The second-order valence-electron chi connectivity index (χ2n) is 3.77. The summed E-state index contributed by atoms with van der Waals surface area (Å²) >= 11 is 1.44. The second-order valence-corrected chi connectivity index (χ2v) is 4.88. The Morgan fingerprint density at radius 2 is 2.11 bits per heavy atom. The third-order valence-electron chi connectivity index (χ3n) is 2.29. The maximum absolute atomic E-state index is 11.3. The molecular formula is C14H17NO2S. The van der Waals surface area contributed by atoms with Crippen molar-refractivity contribution in [1.29, 1.82) is 5.26 Å². The molecule has 0 N–H and O–H groups in total. The predicted octanol–water partition coefficient (Wildman–Crippen LogP) is 2.81. The lowest BCUT2D eigenvalue weighted by Crippen LogP contribution is -2.09. The second kappa shape index (κ2) is 9.55. The number of aryl methyl sites for hydroxylation is 1. The predicted molar refractivity (Wildman–Crippen MR) is 73.3 cm³/mol. The normalized spacial score (nSPS) is 9.72. The summed E-state index contributed by atoms with van der Waals surface area (Å²) in [6.45, 7) is 0.465. The molecular weight excluding hydrogens is 246 g/mol. The van der Waals surface area contributed by atoms with Gasteiger partial charge in [0, 0.05) is 12.2 Å². The molecule has 96 valence electrons. The Bertz CT molecular complexity index is 387. The molecule has 1 aromatic carbocycles. The fourth-order valence-electron chi connectivity index (χ4n) is 1.42. The summed E-state index contributed by atoms with van der Waals surface area (Å²) in [6.07, 6.45) is 2.25. The Balaban J connectivity index is 2.01. The number of nitrogens with zero attached hydrogens (tertiary/aromatic N) is 1. The van der Waals surface area contributed by atoms with Crippen LogP contribution >= 0.6 is 11.8 Å². The summed E-state index contributed by atoms with van der Waals surface area (Å²) in [6, 6.07) is 12.2. The highest BCUT2D eigenvalue weighted by Crippen LogP contribution is 2.04. The standard InChI is InChI=1S/C14H17NO2S/c15-9-5-11-18-12-14(16)17-10-4-8-13-6-2-1-3-7-13/h1-3,6-7H,4-5,8,10-12H2. The molecule has 18 heavy (non-hydrogen) atoms. The maximum Gasteiger partial charge on any atom is 0.315 e. The monoisotopic (exact) mass is 263 g/mol. The van der Waals surface area contributed by atoms with Crippen LogP contribution in [-0.2, 0) is 16.0 Å². The van der Waals surface area contributed by atoms with E-state index in [1.54, 1.807) is 0 Å². The molecule has 1 aromatic rings. The molecule has 0 aromatic heterocycles. The maximum atomic E-state index is 11.3. The molecule has 0 radical (unpaired) electrons. The molecule has 4 heteroatoms. The lowest BCUT2D eigenvalue weighted by Gasteiger charge is -2.04. The molecule has 0 atom stereocenters. The van der Waals surface area contributed by atoms with E-state index >= 15 is 0 Å². The zero-order valence-electron chi connectivity index (χ0n) is 10.3. The van der Waals surface area contributed by atoms with Crippen LogP contribution in [-0.4, -0.2) is 24.1 Å². The average Bonchev–Trinajstić information content (AvgIpc) is 2.41. The number of thioether (sulfide) groups is 1. The van der Waals surface area contributed by atoms with E-state index in [0.29, 0.717) is 24.5 Å². The third-order valence-corrected chi connectivity index (χ3v) is 3.23. The highest BCUT2D eigenvalue weighted by Gasteiger charge is 2.02. The lowest BCUT2D eigenvalue weighted by atomic mass is 10.1. The summed E-state index contributed by atoms with van der Waals surface area (Å²) in [7, 11) is 0. The molecule has 0 saturated carbocycles. The first-order chi connectivity index (χ1) is 8.83. The van der Waals surface area contributed by atoms with Crippen LogP contribution in [0.5, 0.6) is 0 Å². The quantitative estimate of drug-likeness (QED) is 0.534. The topological polar surface area (TPSA) is 50.1 Å². The molecule has 0 spiro atoms. The van der Waals surface area contributed by atoms with Gasteiger partial charge in [-0.05, 0) is 18.4 Å². The van der Waals surface area contributed by atoms with Crippen LogP contribution in [0.15, 0.2) is 30.3 Å². The van der Waals surface area contributed by atoms with Crippen molar-refractivity contribution in [2.45, 2.75) is 19.3 Å². The van der Waals surface area contributed by atoms with Gasteiger partial charge in [0.15, 0.2) is 0 Å². The number of benzene rings is 1. The number of nitriles is 1. The van der Waals surface area contributed by atoms with Gasteiger partial charge in [0.1, 0.15) is 0 Å². The fourth-order valence-corrected chi connectivity index (χ4v) is 2.05. The van der Waals surface area contributed by atoms with Gasteiger partial charge in [-0.2, -0.15) is 5.26 Å². The van der Waals surface area contributed by atoms with Gasteiger partial charge >= 0.3 is 5.97 Å². The molecule has 0 unspecified atom stereocenters. The van der Waals surface area contributed by atoms with E-state index in [4.69, 9.17) is 10.00 Å². The SMILES string of the molecule is N#CCCSCC(=O)OCCCc1ccccc1. The van der Waals surface area contributed by atoms with Crippen molar-refractivity contribution in [3.63, 3.8) is 0 Å². The minimum Gasteiger partial charge on any atom is -0.465 e. The van der Waals surface area contributed by atoms with E-state index in [-0.39, 0.29) is 5.97 Å². The lowest BCUT2D eigenvalue weighted by molar-refractivity contribution is -0.140. The van der Waals surface area contributed by atoms with Gasteiger partial charge in [0.05, 0.1) is 18.4 Å². The van der Waals surface area contributed by atoms with Crippen LogP contribution in [0.25, 0.3) is 0 Å². The molecule has 3 nitrogen and oxygen atoms in total. The zero-order chi connectivity index (χ0) is 13.1. The minimum atomic E-state index is -0.189. The first-order valence-corrected chi connectivity index (χ1v) is 7.12. The Hall–Kier alpha value is -1.47. The third kappa shape index (κ3) is 6.97.